The highest BCUT2D eigenvalue weighted by Gasteiger charge is 2.32. The highest BCUT2D eigenvalue weighted by Crippen LogP contribution is 2.19. The Bertz CT molecular complexity index is 554. The fraction of sp³-hybridized carbons (Fsp3) is 0.286. The van der Waals surface area contributed by atoms with Crippen molar-refractivity contribution in [3.05, 3.63) is 42.0 Å². The van der Waals surface area contributed by atoms with Crippen molar-refractivity contribution < 1.29 is 4.84 Å². The molecule has 0 amide bonds. The number of hydrogen-bond donors (Lipinski definition) is 2. The van der Waals surface area contributed by atoms with Crippen LogP contribution in [0.5, 0.6) is 0 Å². The van der Waals surface area contributed by atoms with Crippen LogP contribution in [0.15, 0.2) is 46.4 Å². The van der Waals surface area contributed by atoms with E-state index in [1.807, 2.05) is 56.3 Å². The second-order valence-corrected chi connectivity index (χ2v) is 4.84. The highest BCUT2D eigenvalue weighted by atomic mass is 79.9. The topological polar surface area (TPSA) is 89.2 Å². The molecule has 6 nitrogen and oxygen atoms in total. The Morgan fingerprint density at radius 2 is 1.90 bits per heavy atom. The summed E-state index contributed by atoms with van der Waals surface area (Å²) < 4.78 is 0. The molecule has 0 saturated heterocycles. The maximum atomic E-state index is 5.80. The van der Waals surface area contributed by atoms with E-state index >= 15 is 0 Å². The molecule has 1 heterocycles. The van der Waals surface area contributed by atoms with E-state index in [4.69, 9.17) is 16.3 Å². The van der Waals surface area contributed by atoms with Gasteiger partial charge >= 0.3 is 0 Å². The highest BCUT2D eigenvalue weighted by molar-refractivity contribution is 8.93. The Hall–Kier alpha value is -1.86. The van der Waals surface area contributed by atoms with Crippen LogP contribution in [0.1, 0.15) is 19.4 Å². The van der Waals surface area contributed by atoms with Gasteiger partial charge in [-0.1, -0.05) is 42.5 Å². The quantitative estimate of drug-likeness (QED) is 0.864. The number of guanidine groups is 2. The van der Waals surface area contributed by atoms with Crippen molar-refractivity contribution in [1.82, 2.24) is 5.06 Å². The summed E-state index contributed by atoms with van der Waals surface area (Å²) in [5, 5.41) is 1.46. The van der Waals surface area contributed by atoms with Gasteiger partial charge < -0.3 is 11.5 Å². The Kier molecular flexibility index (Phi) is 5.92. The molecular weight excluding hydrogens is 334 g/mol. The van der Waals surface area contributed by atoms with Gasteiger partial charge in [0.25, 0.3) is 0 Å². The second-order valence-electron chi connectivity index (χ2n) is 4.84. The Morgan fingerprint density at radius 1 is 1.24 bits per heavy atom. The molecule has 1 aromatic rings. The summed E-state index contributed by atoms with van der Waals surface area (Å²) in [5.74, 6) is 0.364. The average Bonchev–Trinajstić information content (AvgIpc) is 2.37. The van der Waals surface area contributed by atoms with Gasteiger partial charge in [-0.3, -0.25) is 4.84 Å². The Labute approximate surface area is 134 Å². The van der Waals surface area contributed by atoms with Gasteiger partial charge in [0.2, 0.25) is 11.9 Å². The third-order valence-electron chi connectivity index (χ3n) is 2.73. The molecule has 0 radical (unpaired) electrons. The van der Waals surface area contributed by atoms with Gasteiger partial charge in [0, 0.05) is 0 Å². The first-order valence-corrected chi connectivity index (χ1v) is 6.33. The molecule has 0 spiro atoms. The lowest BCUT2D eigenvalue weighted by atomic mass is 10.2. The maximum absolute atomic E-state index is 5.80. The Morgan fingerprint density at radius 3 is 2.52 bits per heavy atom. The minimum Gasteiger partial charge on any atom is -0.368 e. The van der Waals surface area contributed by atoms with Crippen LogP contribution in [0.2, 0.25) is 0 Å². The maximum Gasteiger partial charge on any atom is 0.226 e. The molecule has 7 heteroatoms. The molecular formula is C14H20BrN5O. The smallest absolute Gasteiger partial charge is 0.226 e. The summed E-state index contributed by atoms with van der Waals surface area (Å²) in [5.41, 5.74) is 11.8. The number of halogens is 1. The van der Waals surface area contributed by atoms with Crippen LogP contribution in [-0.2, 0) is 4.84 Å². The monoisotopic (exact) mass is 353 g/mol. The molecule has 0 bridgehead atoms. The van der Waals surface area contributed by atoms with E-state index in [1.54, 1.807) is 0 Å². The van der Waals surface area contributed by atoms with Gasteiger partial charge in [0.05, 0.1) is 6.61 Å². The lowest BCUT2D eigenvalue weighted by Gasteiger charge is -2.36. The zero-order chi connectivity index (χ0) is 14.6. The van der Waals surface area contributed by atoms with Crippen LogP contribution in [0, 0.1) is 0 Å². The van der Waals surface area contributed by atoms with Gasteiger partial charge in [-0.25, -0.2) is 4.99 Å². The number of hydroxylamine groups is 2. The lowest BCUT2D eigenvalue weighted by molar-refractivity contribution is -0.146. The largest absolute Gasteiger partial charge is 0.368 e. The second kappa shape index (κ2) is 7.24. The molecule has 1 aromatic carbocycles. The third kappa shape index (κ3) is 4.57. The summed E-state index contributed by atoms with van der Waals surface area (Å²) in [6, 6.07) is 9.97. The van der Waals surface area contributed by atoms with Crippen LogP contribution in [0.4, 0.5) is 0 Å². The summed E-state index contributed by atoms with van der Waals surface area (Å²) in [6.45, 7) is 4.06. The predicted octanol–water partition coefficient (Wildman–Crippen LogP) is 1.89. The Balaban J connectivity index is 0.00000220. The van der Waals surface area contributed by atoms with E-state index in [0.29, 0.717) is 6.61 Å². The summed E-state index contributed by atoms with van der Waals surface area (Å²) in [4.78, 5) is 13.7. The van der Waals surface area contributed by atoms with Gasteiger partial charge in [-0.05, 0) is 19.4 Å². The first kappa shape index (κ1) is 17.2. The number of benzene rings is 1. The van der Waals surface area contributed by atoms with Crippen molar-refractivity contribution in [3.63, 3.8) is 0 Å². The van der Waals surface area contributed by atoms with Crippen LogP contribution in [0.3, 0.4) is 0 Å². The molecule has 0 saturated carbocycles. The molecule has 1 aliphatic rings. The van der Waals surface area contributed by atoms with Crippen molar-refractivity contribution >= 4 is 35.0 Å². The normalized spacial score (nSPS) is 17.1. The zero-order valence-electron chi connectivity index (χ0n) is 12.1. The lowest BCUT2D eigenvalue weighted by Crippen LogP contribution is -2.53. The van der Waals surface area contributed by atoms with Crippen LogP contribution in [0.25, 0.3) is 6.08 Å². The first-order chi connectivity index (χ1) is 9.49. The minimum atomic E-state index is -0.670. The predicted molar refractivity (Wildman–Crippen MR) is 90.9 cm³/mol. The van der Waals surface area contributed by atoms with E-state index in [1.165, 1.54) is 5.06 Å². The van der Waals surface area contributed by atoms with Gasteiger partial charge in [0.15, 0.2) is 5.66 Å². The molecule has 114 valence electrons. The molecule has 0 aliphatic carbocycles. The molecule has 0 atom stereocenters. The van der Waals surface area contributed by atoms with Crippen LogP contribution >= 0.6 is 17.0 Å². The van der Waals surface area contributed by atoms with Crippen LogP contribution in [-0.4, -0.2) is 29.3 Å². The van der Waals surface area contributed by atoms with Crippen LogP contribution < -0.4 is 11.5 Å². The standard InChI is InChI=1S/C14H19N5O.BrH/c1-14(2)18-12(15)17-13(16)19(14)20-10-6-9-11-7-4-3-5-8-11;/h3-9H,10H2,1-2H3,(H4,15,16,17,18);1H. The third-order valence-corrected chi connectivity index (χ3v) is 2.73. The van der Waals surface area contributed by atoms with Gasteiger partial charge in [0.1, 0.15) is 0 Å². The van der Waals surface area contributed by atoms with E-state index in [-0.39, 0.29) is 28.9 Å². The van der Waals surface area contributed by atoms with Crippen molar-refractivity contribution in [3.8, 4) is 0 Å². The molecule has 4 N–H and O–H groups in total. The summed E-state index contributed by atoms with van der Waals surface area (Å²) in [6.07, 6.45) is 3.88. The number of nitrogens with zero attached hydrogens (tertiary/aromatic N) is 3. The number of nitrogens with two attached hydrogens (primary N) is 2. The summed E-state index contributed by atoms with van der Waals surface area (Å²) in [7, 11) is 0. The number of aliphatic imine (C=N–C) groups is 2. The van der Waals surface area contributed by atoms with Crippen molar-refractivity contribution in [2.45, 2.75) is 19.5 Å². The minimum absolute atomic E-state index is 0. The van der Waals surface area contributed by atoms with Gasteiger partial charge in [-0.2, -0.15) is 10.1 Å². The molecule has 0 fully saturated rings. The summed E-state index contributed by atoms with van der Waals surface area (Å²) >= 11 is 0. The fourth-order valence-corrected chi connectivity index (χ4v) is 1.88. The van der Waals surface area contributed by atoms with Crippen molar-refractivity contribution in [2.24, 2.45) is 21.5 Å². The molecule has 0 aromatic heterocycles. The molecule has 0 unspecified atom stereocenters. The fourth-order valence-electron chi connectivity index (χ4n) is 1.88. The molecule has 1 aliphatic heterocycles. The SMILES string of the molecule is Br.CC1(C)N=C(N)N=C(N)N1OCC=Cc1ccccc1. The first-order valence-electron chi connectivity index (χ1n) is 6.33. The van der Waals surface area contributed by atoms with E-state index in [2.05, 4.69) is 9.98 Å². The number of hydrogen-bond acceptors (Lipinski definition) is 6. The number of rotatable bonds is 4. The average molecular weight is 354 g/mol. The van der Waals surface area contributed by atoms with E-state index in [9.17, 15) is 0 Å². The van der Waals surface area contributed by atoms with Crippen molar-refractivity contribution in [1.29, 1.82) is 0 Å². The van der Waals surface area contributed by atoms with Crippen molar-refractivity contribution in [2.75, 3.05) is 6.61 Å². The zero-order valence-corrected chi connectivity index (χ0v) is 13.8. The molecule has 2 rings (SSSR count). The van der Waals surface area contributed by atoms with E-state index in [0.717, 1.165) is 5.56 Å². The molecule has 21 heavy (non-hydrogen) atoms. The van der Waals surface area contributed by atoms with Gasteiger partial charge in [-0.15, -0.1) is 17.0 Å². The van der Waals surface area contributed by atoms with E-state index < -0.39 is 5.66 Å².